The maximum Gasteiger partial charge on any atom is 0.339 e. The number of ether oxygens (including phenoxy) is 1. The van der Waals surface area contributed by atoms with Gasteiger partial charge in [-0.3, -0.25) is 0 Å². The lowest BCUT2D eigenvalue weighted by atomic mass is 9.94. The Morgan fingerprint density at radius 3 is 2.14 bits per heavy atom. The molecule has 0 aliphatic carbocycles. The number of methoxy groups -OCH3 is 1. The Labute approximate surface area is 174 Å². The Bertz CT molecular complexity index is 824. The number of carbonyl (C=O) groups is 1. The zero-order valence-electron chi connectivity index (χ0n) is 17.8. The molecule has 0 unspecified atom stereocenters. The summed E-state index contributed by atoms with van der Waals surface area (Å²) in [6, 6.07) is 13.4. The lowest BCUT2D eigenvalue weighted by Crippen LogP contribution is -2.05. The number of thioether (sulfide) groups is 1. The predicted molar refractivity (Wildman–Crippen MR) is 121 cm³/mol. The van der Waals surface area contributed by atoms with E-state index in [1.54, 1.807) is 18.2 Å². The minimum atomic E-state index is -0.443. The van der Waals surface area contributed by atoms with E-state index >= 15 is 0 Å². The molecule has 28 heavy (non-hydrogen) atoms. The molecule has 0 heterocycles. The first kappa shape index (κ1) is 23.7. The number of anilines is 1. The molecule has 0 radical (unpaired) electrons. The third-order valence-electron chi connectivity index (χ3n) is 3.78. The highest BCUT2D eigenvalue weighted by Crippen LogP contribution is 2.26. The third-order valence-corrected chi connectivity index (χ3v) is 4.80. The van der Waals surface area contributed by atoms with Crippen LogP contribution in [0.2, 0.25) is 0 Å². The Hall–Kier alpha value is -2.38. The molecule has 0 bridgehead atoms. The van der Waals surface area contributed by atoms with Gasteiger partial charge in [-0.2, -0.15) is 0 Å². The zero-order chi connectivity index (χ0) is 21.2. The number of esters is 1. The molecule has 3 nitrogen and oxygen atoms in total. The van der Waals surface area contributed by atoms with Crippen molar-refractivity contribution in [1.29, 1.82) is 0 Å². The summed E-state index contributed by atoms with van der Waals surface area (Å²) >= 11 is 1.87. The summed E-state index contributed by atoms with van der Waals surface area (Å²) in [6.07, 6.45) is 1.18. The van der Waals surface area contributed by atoms with Crippen molar-refractivity contribution in [2.75, 3.05) is 18.6 Å². The molecule has 0 aromatic heterocycles. The Morgan fingerprint density at radius 2 is 1.61 bits per heavy atom. The van der Waals surface area contributed by atoms with Gasteiger partial charge in [-0.05, 0) is 60.1 Å². The molecule has 0 aliphatic rings. The predicted octanol–water partition coefficient (Wildman–Crippen LogP) is 6.01. The largest absolute Gasteiger partial charge is 0.465 e. The standard InChI is InChI=1S/C22H25NO2S.C2H6/c1-22(2,3)13-14-26-18-10-7-16(8-11-18)5-6-17-9-12-19(20(23)15-17)21(24)25-4;1-2/h7-12,15H,13-14,23H2,1-4H3;1-2H3. The molecule has 0 aliphatic heterocycles. The van der Waals surface area contributed by atoms with Crippen LogP contribution in [-0.2, 0) is 4.74 Å². The summed E-state index contributed by atoms with van der Waals surface area (Å²) in [6.45, 7) is 10.8. The maximum atomic E-state index is 11.5. The summed E-state index contributed by atoms with van der Waals surface area (Å²) in [4.78, 5) is 12.8. The van der Waals surface area contributed by atoms with Crippen molar-refractivity contribution in [3.05, 3.63) is 59.2 Å². The van der Waals surface area contributed by atoms with Crippen LogP contribution in [0.25, 0.3) is 0 Å². The smallest absolute Gasteiger partial charge is 0.339 e. The minimum Gasteiger partial charge on any atom is -0.465 e. The van der Waals surface area contributed by atoms with E-state index in [0.29, 0.717) is 16.7 Å². The van der Waals surface area contributed by atoms with Gasteiger partial charge in [0.1, 0.15) is 0 Å². The first-order chi connectivity index (χ1) is 13.3. The summed E-state index contributed by atoms with van der Waals surface area (Å²) in [5, 5.41) is 0. The van der Waals surface area contributed by atoms with E-state index < -0.39 is 5.97 Å². The third kappa shape index (κ3) is 8.10. The number of rotatable bonds is 4. The minimum absolute atomic E-state index is 0.356. The van der Waals surface area contributed by atoms with Gasteiger partial charge in [0, 0.05) is 21.7 Å². The summed E-state index contributed by atoms with van der Waals surface area (Å²) in [5.74, 6) is 6.88. The van der Waals surface area contributed by atoms with Crippen LogP contribution in [0, 0.1) is 17.3 Å². The molecule has 150 valence electrons. The molecule has 2 aromatic carbocycles. The van der Waals surface area contributed by atoms with Crippen LogP contribution in [0.5, 0.6) is 0 Å². The van der Waals surface area contributed by atoms with E-state index in [0.717, 1.165) is 16.9 Å². The molecular weight excluding hydrogens is 366 g/mol. The Balaban J connectivity index is 0.00000190. The van der Waals surface area contributed by atoms with Crippen molar-refractivity contribution in [3.8, 4) is 11.8 Å². The Morgan fingerprint density at radius 1 is 1.04 bits per heavy atom. The fourth-order valence-corrected chi connectivity index (χ4v) is 3.47. The lowest BCUT2D eigenvalue weighted by molar-refractivity contribution is 0.0602. The van der Waals surface area contributed by atoms with E-state index in [4.69, 9.17) is 5.73 Å². The highest BCUT2D eigenvalue weighted by molar-refractivity contribution is 7.99. The van der Waals surface area contributed by atoms with Gasteiger partial charge in [0.15, 0.2) is 0 Å². The molecule has 2 aromatic rings. The fraction of sp³-hybridized carbons (Fsp3) is 0.375. The molecule has 2 rings (SSSR count). The monoisotopic (exact) mass is 397 g/mol. The van der Waals surface area contributed by atoms with E-state index in [2.05, 4.69) is 49.5 Å². The van der Waals surface area contributed by atoms with E-state index in [1.807, 2.05) is 37.7 Å². The fourth-order valence-electron chi connectivity index (χ4n) is 2.19. The molecular formula is C24H31NO2S. The SMILES string of the molecule is CC.COC(=O)c1ccc(C#Cc2ccc(SCCC(C)(C)C)cc2)cc1N. The number of hydrogen-bond acceptors (Lipinski definition) is 4. The molecule has 0 fully saturated rings. The highest BCUT2D eigenvalue weighted by atomic mass is 32.2. The van der Waals surface area contributed by atoms with Crippen molar-refractivity contribution in [3.63, 3.8) is 0 Å². The van der Waals surface area contributed by atoms with Crippen molar-refractivity contribution in [1.82, 2.24) is 0 Å². The van der Waals surface area contributed by atoms with Crippen molar-refractivity contribution >= 4 is 23.4 Å². The van der Waals surface area contributed by atoms with Gasteiger partial charge in [0.05, 0.1) is 12.7 Å². The van der Waals surface area contributed by atoms with Gasteiger partial charge in [-0.1, -0.05) is 46.5 Å². The van der Waals surface area contributed by atoms with Crippen LogP contribution in [-0.4, -0.2) is 18.8 Å². The molecule has 0 atom stereocenters. The molecule has 0 amide bonds. The lowest BCUT2D eigenvalue weighted by Gasteiger charge is -2.17. The van der Waals surface area contributed by atoms with Crippen molar-refractivity contribution in [2.45, 2.75) is 45.9 Å². The Kier molecular flexibility index (Phi) is 9.68. The number of carbonyl (C=O) groups excluding carboxylic acids is 1. The van der Waals surface area contributed by atoms with Crippen molar-refractivity contribution < 1.29 is 9.53 Å². The quantitative estimate of drug-likeness (QED) is 0.297. The second-order valence-corrected chi connectivity index (χ2v) is 8.40. The normalized spacial score (nSPS) is 10.2. The van der Waals surface area contributed by atoms with Crippen LogP contribution < -0.4 is 5.73 Å². The number of hydrogen-bond donors (Lipinski definition) is 1. The summed E-state index contributed by atoms with van der Waals surface area (Å²) in [7, 11) is 1.33. The van der Waals surface area contributed by atoms with Gasteiger partial charge in [0.2, 0.25) is 0 Å². The topological polar surface area (TPSA) is 52.3 Å². The van der Waals surface area contributed by atoms with Crippen LogP contribution in [0.3, 0.4) is 0 Å². The van der Waals surface area contributed by atoms with Gasteiger partial charge < -0.3 is 10.5 Å². The average Bonchev–Trinajstić information content (AvgIpc) is 2.67. The number of nitrogen functional groups attached to an aromatic ring is 1. The van der Waals surface area contributed by atoms with Crippen LogP contribution in [0.1, 0.15) is 62.5 Å². The molecule has 0 saturated heterocycles. The summed E-state index contributed by atoms with van der Waals surface area (Å²) in [5.41, 5.74) is 8.69. The van der Waals surface area contributed by atoms with Gasteiger partial charge in [-0.25, -0.2) is 4.79 Å². The zero-order valence-corrected chi connectivity index (χ0v) is 18.6. The maximum absolute atomic E-state index is 11.5. The molecule has 0 spiro atoms. The molecule has 0 saturated carbocycles. The number of nitrogens with two attached hydrogens (primary N) is 1. The second-order valence-electron chi connectivity index (χ2n) is 7.23. The van der Waals surface area contributed by atoms with Gasteiger partial charge in [-0.15, -0.1) is 11.8 Å². The van der Waals surface area contributed by atoms with Crippen LogP contribution >= 0.6 is 11.8 Å². The summed E-state index contributed by atoms with van der Waals surface area (Å²) < 4.78 is 4.69. The molecule has 4 heteroatoms. The highest BCUT2D eigenvalue weighted by Gasteiger charge is 2.10. The van der Waals surface area contributed by atoms with E-state index in [-0.39, 0.29) is 0 Å². The molecule has 2 N–H and O–H groups in total. The van der Waals surface area contributed by atoms with Gasteiger partial charge >= 0.3 is 5.97 Å². The van der Waals surface area contributed by atoms with Gasteiger partial charge in [0.25, 0.3) is 0 Å². The second kappa shape index (κ2) is 11.5. The van der Waals surface area contributed by atoms with E-state index in [1.165, 1.54) is 18.4 Å². The first-order valence-electron chi connectivity index (χ1n) is 9.51. The van der Waals surface area contributed by atoms with Crippen LogP contribution in [0.4, 0.5) is 5.69 Å². The first-order valence-corrected chi connectivity index (χ1v) is 10.5. The van der Waals surface area contributed by atoms with Crippen molar-refractivity contribution in [2.24, 2.45) is 5.41 Å². The number of benzene rings is 2. The van der Waals surface area contributed by atoms with E-state index in [9.17, 15) is 4.79 Å². The van der Waals surface area contributed by atoms with Crippen LogP contribution in [0.15, 0.2) is 47.4 Å². The average molecular weight is 398 g/mol.